The van der Waals surface area contributed by atoms with Gasteiger partial charge in [-0.15, -0.1) is 0 Å². The molecule has 0 spiro atoms. The van der Waals surface area contributed by atoms with E-state index in [1.54, 1.807) is 48.5 Å². The lowest BCUT2D eigenvalue weighted by Crippen LogP contribution is -2.16. The normalized spacial score (nSPS) is 11.5. The summed E-state index contributed by atoms with van der Waals surface area (Å²) in [4.78, 5) is 10.8. The van der Waals surface area contributed by atoms with E-state index in [1.807, 2.05) is 24.3 Å². The van der Waals surface area contributed by atoms with Gasteiger partial charge in [-0.3, -0.25) is 10.7 Å². The second kappa shape index (κ2) is 13.3. The molecule has 0 fully saturated rings. The molecule has 9 heteroatoms. The monoisotopic (exact) mass is 510 g/mol. The lowest BCUT2D eigenvalue weighted by Gasteiger charge is -2.15. The fourth-order valence-corrected chi connectivity index (χ4v) is 4.44. The minimum atomic E-state index is -3.32. The molecule has 0 bridgehead atoms. The first kappa shape index (κ1) is 28.4. The standard InChI is InChI=1S/C14H13NO4S.C13H21N3/c1-20(18,19)13-5-3-2-4-12(13)10-6-8-11(9-7-10)15-14(16)17;1-3-4-6-10(2)16-12-8-5-7-11(9-12)13(14)15/h2-9,15H,1H3,(H,16,17);5,7-10,16H,3-4,6H2,1-2H3,(H3,14,15)/t;10-/m.0/s1. The highest BCUT2D eigenvalue weighted by atomic mass is 32.2. The number of benzene rings is 3. The summed E-state index contributed by atoms with van der Waals surface area (Å²) in [6.45, 7) is 4.37. The number of amides is 1. The second-order valence-electron chi connectivity index (χ2n) is 8.46. The number of amidine groups is 1. The van der Waals surface area contributed by atoms with Crippen molar-refractivity contribution in [2.45, 2.75) is 44.0 Å². The van der Waals surface area contributed by atoms with Crippen molar-refractivity contribution in [3.63, 3.8) is 0 Å². The minimum Gasteiger partial charge on any atom is -0.465 e. The topological polar surface area (TPSA) is 145 Å². The highest BCUT2D eigenvalue weighted by Crippen LogP contribution is 2.28. The minimum absolute atomic E-state index is 0.116. The summed E-state index contributed by atoms with van der Waals surface area (Å²) in [6.07, 6.45) is 3.64. The molecule has 0 aliphatic heterocycles. The van der Waals surface area contributed by atoms with Gasteiger partial charge in [0.25, 0.3) is 0 Å². The van der Waals surface area contributed by atoms with Gasteiger partial charge in [0, 0.05) is 34.8 Å². The number of sulfone groups is 1. The molecule has 3 aromatic carbocycles. The Morgan fingerprint density at radius 1 is 1.03 bits per heavy atom. The Morgan fingerprint density at radius 2 is 1.69 bits per heavy atom. The maximum atomic E-state index is 11.7. The molecular formula is C27H34N4O4S. The third-order valence-electron chi connectivity index (χ3n) is 5.31. The van der Waals surface area contributed by atoms with Crippen LogP contribution in [0.15, 0.2) is 77.7 Å². The second-order valence-corrected chi connectivity index (χ2v) is 10.4. The third kappa shape index (κ3) is 9.07. The summed E-state index contributed by atoms with van der Waals surface area (Å²) in [5, 5.41) is 21.6. The quantitative estimate of drug-likeness (QED) is 0.181. The maximum absolute atomic E-state index is 11.7. The van der Waals surface area contributed by atoms with Gasteiger partial charge in [-0.2, -0.15) is 0 Å². The summed E-state index contributed by atoms with van der Waals surface area (Å²) in [7, 11) is -3.32. The van der Waals surface area contributed by atoms with Gasteiger partial charge in [0.2, 0.25) is 0 Å². The molecule has 0 radical (unpaired) electrons. The van der Waals surface area contributed by atoms with E-state index < -0.39 is 15.9 Å². The summed E-state index contributed by atoms with van der Waals surface area (Å²) < 4.78 is 23.5. The third-order valence-corrected chi connectivity index (χ3v) is 6.47. The summed E-state index contributed by atoms with van der Waals surface area (Å²) in [5.41, 5.74) is 8.99. The van der Waals surface area contributed by atoms with Crippen molar-refractivity contribution in [2.24, 2.45) is 5.73 Å². The van der Waals surface area contributed by atoms with E-state index in [1.165, 1.54) is 19.3 Å². The van der Waals surface area contributed by atoms with E-state index in [4.69, 9.17) is 16.2 Å². The first-order chi connectivity index (χ1) is 17.0. The number of hydrogen-bond acceptors (Lipinski definition) is 5. The van der Waals surface area contributed by atoms with Crippen molar-refractivity contribution >= 4 is 33.1 Å². The average molecular weight is 511 g/mol. The number of anilines is 2. The molecule has 3 rings (SSSR count). The average Bonchev–Trinajstić information content (AvgIpc) is 2.83. The first-order valence-corrected chi connectivity index (χ1v) is 13.5. The lowest BCUT2D eigenvalue weighted by molar-refractivity contribution is 0.209. The van der Waals surface area contributed by atoms with Gasteiger partial charge in [-0.25, -0.2) is 13.2 Å². The van der Waals surface area contributed by atoms with Crippen molar-refractivity contribution in [1.29, 1.82) is 5.41 Å². The first-order valence-electron chi connectivity index (χ1n) is 11.6. The van der Waals surface area contributed by atoms with E-state index in [2.05, 4.69) is 24.5 Å². The van der Waals surface area contributed by atoms with Crippen LogP contribution in [0.1, 0.15) is 38.7 Å². The van der Waals surface area contributed by atoms with Crippen LogP contribution in [0.5, 0.6) is 0 Å². The van der Waals surface area contributed by atoms with Crippen LogP contribution in [0.2, 0.25) is 0 Å². The van der Waals surface area contributed by atoms with Gasteiger partial charge < -0.3 is 16.2 Å². The largest absolute Gasteiger partial charge is 0.465 e. The Bertz CT molecular complexity index is 1270. The summed E-state index contributed by atoms with van der Waals surface area (Å²) in [5.74, 6) is 0.116. The molecule has 1 amide bonds. The fourth-order valence-electron chi connectivity index (χ4n) is 3.53. The molecule has 6 N–H and O–H groups in total. The number of nitrogens with one attached hydrogen (secondary N) is 3. The maximum Gasteiger partial charge on any atom is 0.409 e. The highest BCUT2D eigenvalue weighted by Gasteiger charge is 2.13. The van der Waals surface area contributed by atoms with Gasteiger partial charge in [0.05, 0.1) is 4.90 Å². The molecule has 0 aromatic heterocycles. The molecule has 8 nitrogen and oxygen atoms in total. The predicted octanol–water partition coefficient (Wildman–Crippen LogP) is 5.81. The summed E-state index contributed by atoms with van der Waals surface area (Å²) >= 11 is 0. The molecular weight excluding hydrogens is 476 g/mol. The molecule has 0 aliphatic carbocycles. The van der Waals surface area contributed by atoms with E-state index in [9.17, 15) is 13.2 Å². The number of carbonyl (C=O) groups is 1. The Labute approximate surface area is 213 Å². The Kier molecular flexibility index (Phi) is 10.5. The van der Waals surface area contributed by atoms with Crippen LogP contribution in [0.25, 0.3) is 11.1 Å². The van der Waals surface area contributed by atoms with Crippen LogP contribution in [0.4, 0.5) is 16.2 Å². The van der Waals surface area contributed by atoms with Crippen LogP contribution >= 0.6 is 0 Å². The molecule has 0 aliphatic rings. The highest BCUT2D eigenvalue weighted by molar-refractivity contribution is 7.90. The van der Waals surface area contributed by atoms with Gasteiger partial charge in [-0.05, 0) is 49.2 Å². The zero-order valence-corrected chi connectivity index (χ0v) is 21.6. The van der Waals surface area contributed by atoms with Crippen molar-refractivity contribution in [2.75, 3.05) is 16.9 Å². The number of nitrogen functional groups attached to an aromatic ring is 1. The van der Waals surface area contributed by atoms with E-state index in [0.29, 0.717) is 22.9 Å². The number of nitrogens with two attached hydrogens (primary N) is 1. The smallest absolute Gasteiger partial charge is 0.409 e. The fraction of sp³-hybridized carbons (Fsp3) is 0.259. The van der Waals surface area contributed by atoms with Gasteiger partial charge in [0.1, 0.15) is 5.84 Å². The predicted molar refractivity (Wildman–Crippen MR) is 147 cm³/mol. The van der Waals surface area contributed by atoms with Crippen LogP contribution in [0, 0.1) is 5.41 Å². The van der Waals surface area contributed by atoms with Crippen LogP contribution in [-0.2, 0) is 9.84 Å². The molecule has 0 unspecified atom stereocenters. The van der Waals surface area contributed by atoms with Gasteiger partial charge >= 0.3 is 6.09 Å². The van der Waals surface area contributed by atoms with Gasteiger partial charge in [0.15, 0.2) is 9.84 Å². The SMILES string of the molecule is CCCC[C@H](C)Nc1cccc(C(=N)N)c1.CS(=O)(=O)c1ccccc1-c1ccc(NC(=O)O)cc1. The Morgan fingerprint density at radius 3 is 2.28 bits per heavy atom. The zero-order valence-electron chi connectivity index (χ0n) is 20.8. The molecule has 3 aromatic rings. The summed E-state index contributed by atoms with van der Waals surface area (Å²) in [6, 6.07) is 21.4. The number of carboxylic acid groups (broad SMARTS) is 1. The molecule has 192 valence electrons. The molecule has 0 saturated carbocycles. The number of unbranched alkanes of at least 4 members (excludes halogenated alkanes) is 1. The van der Waals surface area contributed by atoms with Crippen molar-refractivity contribution in [3.05, 3.63) is 78.4 Å². The van der Waals surface area contributed by atoms with Crippen LogP contribution < -0.4 is 16.4 Å². The molecule has 0 heterocycles. The van der Waals surface area contributed by atoms with Crippen molar-refractivity contribution in [1.82, 2.24) is 0 Å². The van der Waals surface area contributed by atoms with Crippen LogP contribution in [-0.4, -0.2) is 37.8 Å². The van der Waals surface area contributed by atoms with Crippen molar-refractivity contribution < 1.29 is 18.3 Å². The zero-order chi connectivity index (χ0) is 26.7. The van der Waals surface area contributed by atoms with E-state index >= 15 is 0 Å². The van der Waals surface area contributed by atoms with Gasteiger partial charge in [-0.1, -0.05) is 62.2 Å². The number of rotatable bonds is 9. The lowest BCUT2D eigenvalue weighted by atomic mass is 10.1. The van der Waals surface area contributed by atoms with Crippen LogP contribution in [0.3, 0.4) is 0 Å². The van der Waals surface area contributed by atoms with E-state index in [-0.39, 0.29) is 10.7 Å². The molecule has 0 saturated heterocycles. The Balaban J connectivity index is 0.000000261. The number of hydrogen-bond donors (Lipinski definition) is 5. The van der Waals surface area contributed by atoms with Crippen molar-refractivity contribution in [3.8, 4) is 11.1 Å². The molecule has 1 atom stereocenters. The van der Waals surface area contributed by atoms with E-state index in [0.717, 1.165) is 17.5 Å². The Hall–Kier alpha value is -3.85. The molecule has 36 heavy (non-hydrogen) atoms.